The Morgan fingerprint density at radius 3 is 2.42 bits per heavy atom. The van der Waals surface area contributed by atoms with E-state index in [-0.39, 0.29) is 12.4 Å². The molecule has 1 heterocycles. The number of nitrogens with one attached hydrogen (secondary N) is 2. The smallest absolute Gasteiger partial charge is 0.408 e. The number of aromatic hydroxyl groups is 1. The van der Waals surface area contributed by atoms with Crippen molar-refractivity contribution in [1.82, 2.24) is 20.2 Å². The molecule has 4 N–H and O–H groups in total. The number of carbonyl (C=O) groups excluding carboxylic acids is 2. The van der Waals surface area contributed by atoms with E-state index < -0.39 is 53.1 Å². The molecule has 0 radical (unpaired) electrons. The quantitative estimate of drug-likeness (QED) is 0.531. The number of aromatic nitrogens is 2. The number of aliphatic hydroxyl groups is 1. The number of amides is 2. The van der Waals surface area contributed by atoms with Crippen LogP contribution in [0.2, 0.25) is 0 Å². The van der Waals surface area contributed by atoms with Crippen LogP contribution in [0.1, 0.15) is 48.7 Å². The first kappa shape index (κ1) is 23.8. The number of hydrogen-bond donors (Lipinski definition) is 4. The highest BCUT2D eigenvalue weighted by atomic mass is 19.1. The number of carbonyl (C=O) groups is 2. The summed E-state index contributed by atoms with van der Waals surface area (Å²) in [6.07, 6.45) is -0.865. The van der Waals surface area contributed by atoms with Gasteiger partial charge in [0.25, 0.3) is 11.5 Å². The summed E-state index contributed by atoms with van der Waals surface area (Å²) in [6.45, 7) is 4.29. The van der Waals surface area contributed by atoms with Gasteiger partial charge >= 0.3 is 6.09 Å². The van der Waals surface area contributed by atoms with Crippen LogP contribution in [0.15, 0.2) is 29.1 Å². The van der Waals surface area contributed by atoms with Crippen molar-refractivity contribution < 1.29 is 28.9 Å². The van der Waals surface area contributed by atoms with E-state index >= 15 is 0 Å². The second-order valence-electron chi connectivity index (χ2n) is 7.72. The van der Waals surface area contributed by atoms with Crippen LogP contribution >= 0.6 is 0 Å². The van der Waals surface area contributed by atoms with Crippen LogP contribution in [0.4, 0.5) is 9.18 Å². The maximum absolute atomic E-state index is 13.0. The topological polar surface area (TPSA) is 143 Å². The molecule has 2 amide bonds. The summed E-state index contributed by atoms with van der Waals surface area (Å²) in [5.74, 6) is -2.35. The molecule has 1 aromatic carbocycles. The van der Waals surface area contributed by atoms with Crippen molar-refractivity contribution in [3.05, 3.63) is 57.5 Å². The van der Waals surface area contributed by atoms with Crippen molar-refractivity contribution >= 4 is 12.0 Å². The standard InChI is InChI=1S/C20H25FN4O6/c1-20(2,3)31-19(30)23-13(10-26)16-24-14(15(27)18(29)25(16)4)17(28)22-9-11-5-7-12(21)8-6-11/h5-8,13,26-27H,9-10H2,1-4H3,(H,22,28)(H,23,30). The molecule has 0 bridgehead atoms. The Morgan fingerprint density at radius 1 is 1.26 bits per heavy atom. The van der Waals surface area contributed by atoms with Crippen LogP contribution in [0, 0.1) is 5.82 Å². The van der Waals surface area contributed by atoms with E-state index in [1.807, 2.05) is 0 Å². The van der Waals surface area contributed by atoms with Crippen molar-refractivity contribution in [1.29, 1.82) is 0 Å². The summed E-state index contributed by atoms with van der Waals surface area (Å²) in [5.41, 5.74) is -1.74. The molecule has 1 unspecified atom stereocenters. The highest BCUT2D eigenvalue weighted by Gasteiger charge is 2.26. The molecule has 31 heavy (non-hydrogen) atoms. The fraction of sp³-hybridized carbons (Fsp3) is 0.400. The minimum Gasteiger partial charge on any atom is -0.501 e. The largest absolute Gasteiger partial charge is 0.501 e. The lowest BCUT2D eigenvalue weighted by Crippen LogP contribution is -2.40. The van der Waals surface area contributed by atoms with E-state index in [2.05, 4.69) is 15.6 Å². The van der Waals surface area contributed by atoms with Crippen LogP contribution in [-0.2, 0) is 18.3 Å². The van der Waals surface area contributed by atoms with Crippen molar-refractivity contribution in [3.63, 3.8) is 0 Å². The number of benzene rings is 1. The average molecular weight is 436 g/mol. The zero-order chi connectivity index (χ0) is 23.3. The first-order chi connectivity index (χ1) is 14.4. The van der Waals surface area contributed by atoms with Gasteiger partial charge in [0.05, 0.1) is 6.61 Å². The van der Waals surface area contributed by atoms with Crippen molar-refractivity contribution in [3.8, 4) is 5.75 Å². The SMILES string of the molecule is Cn1c(C(CO)NC(=O)OC(C)(C)C)nc(C(=O)NCc2ccc(F)cc2)c(O)c1=O. The van der Waals surface area contributed by atoms with Crippen LogP contribution in [0.3, 0.4) is 0 Å². The Hall–Kier alpha value is -3.47. The number of hydrogen-bond acceptors (Lipinski definition) is 7. The summed E-state index contributed by atoms with van der Waals surface area (Å²) < 4.78 is 19.0. The van der Waals surface area contributed by atoms with E-state index in [9.17, 15) is 29.0 Å². The van der Waals surface area contributed by atoms with Gasteiger partial charge in [0.1, 0.15) is 23.3 Å². The molecule has 1 atom stereocenters. The second-order valence-corrected chi connectivity index (χ2v) is 7.72. The summed E-state index contributed by atoms with van der Waals surface area (Å²) >= 11 is 0. The molecule has 0 spiro atoms. The number of rotatable bonds is 6. The summed E-state index contributed by atoms with van der Waals surface area (Å²) in [5, 5.41) is 24.7. The van der Waals surface area contributed by atoms with E-state index in [1.165, 1.54) is 31.3 Å². The van der Waals surface area contributed by atoms with Gasteiger partial charge in [0.2, 0.25) is 5.75 Å². The maximum Gasteiger partial charge on any atom is 0.408 e. The van der Waals surface area contributed by atoms with Gasteiger partial charge < -0.3 is 25.6 Å². The van der Waals surface area contributed by atoms with Gasteiger partial charge in [0, 0.05) is 13.6 Å². The fourth-order valence-corrected chi connectivity index (χ4v) is 2.59. The zero-order valence-electron chi connectivity index (χ0n) is 17.6. The predicted molar refractivity (Wildman–Crippen MR) is 108 cm³/mol. The minimum absolute atomic E-state index is 0.00956. The van der Waals surface area contributed by atoms with Gasteiger partial charge in [-0.3, -0.25) is 14.2 Å². The lowest BCUT2D eigenvalue weighted by atomic mass is 10.2. The molecule has 0 fully saturated rings. The number of halogens is 1. The monoisotopic (exact) mass is 436 g/mol. The zero-order valence-corrected chi connectivity index (χ0v) is 17.6. The molecule has 168 valence electrons. The highest BCUT2D eigenvalue weighted by Crippen LogP contribution is 2.16. The van der Waals surface area contributed by atoms with Gasteiger partial charge in [-0.2, -0.15) is 0 Å². The number of aliphatic hydroxyl groups excluding tert-OH is 1. The number of ether oxygens (including phenoxy) is 1. The summed E-state index contributed by atoms with van der Waals surface area (Å²) in [4.78, 5) is 40.9. The number of nitrogens with zero attached hydrogens (tertiary/aromatic N) is 2. The molecule has 2 aromatic rings. The van der Waals surface area contributed by atoms with Crippen LogP contribution in [-0.4, -0.2) is 44.0 Å². The molecule has 0 aliphatic rings. The first-order valence-electron chi connectivity index (χ1n) is 9.36. The van der Waals surface area contributed by atoms with Crippen molar-refractivity contribution in [2.45, 2.75) is 39.0 Å². The van der Waals surface area contributed by atoms with Gasteiger partial charge in [-0.05, 0) is 38.5 Å². The molecule has 2 rings (SSSR count). The van der Waals surface area contributed by atoms with E-state index in [0.717, 1.165) is 4.57 Å². The third kappa shape index (κ3) is 6.25. The predicted octanol–water partition coefficient (Wildman–Crippen LogP) is 1.11. The van der Waals surface area contributed by atoms with Crippen LogP contribution in [0.5, 0.6) is 5.75 Å². The third-order valence-corrected chi connectivity index (χ3v) is 4.07. The first-order valence-corrected chi connectivity index (χ1v) is 9.36. The summed E-state index contributed by atoms with van der Waals surface area (Å²) in [7, 11) is 1.27. The average Bonchev–Trinajstić information content (AvgIpc) is 2.69. The molecule has 1 aromatic heterocycles. The molecule has 0 aliphatic heterocycles. The Morgan fingerprint density at radius 2 is 1.87 bits per heavy atom. The molecule has 11 heteroatoms. The number of alkyl carbamates (subject to hydrolysis) is 1. The Kier molecular flexibility index (Phi) is 7.34. The fourth-order valence-electron chi connectivity index (χ4n) is 2.59. The summed E-state index contributed by atoms with van der Waals surface area (Å²) in [6, 6.07) is 4.19. The van der Waals surface area contributed by atoms with Crippen LogP contribution in [0.25, 0.3) is 0 Å². The van der Waals surface area contributed by atoms with Crippen molar-refractivity contribution in [2.75, 3.05) is 6.61 Å². The van der Waals surface area contributed by atoms with E-state index in [4.69, 9.17) is 4.74 Å². The van der Waals surface area contributed by atoms with Crippen LogP contribution < -0.4 is 16.2 Å². The van der Waals surface area contributed by atoms with E-state index in [1.54, 1.807) is 20.8 Å². The van der Waals surface area contributed by atoms with Gasteiger partial charge in [0.15, 0.2) is 5.69 Å². The van der Waals surface area contributed by atoms with E-state index in [0.29, 0.717) is 5.56 Å². The lowest BCUT2D eigenvalue weighted by Gasteiger charge is -2.23. The van der Waals surface area contributed by atoms with Gasteiger partial charge in [-0.25, -0.2) is 14.2 Å². The van der Waals surface area contributed by atoms with Crippen molar-refractivity contribution in [2.24, 2.45) is 7.05 Å². The minimum atomic E-state index is -1.18. The Bertz CT molecular complexity index is 1010. The highest BCUT2D eigenvalue weighted by molar-refractivity contribution is 5.94. The van der Waals surface area contributed by atoms with Gasteiger partial charge in [-0.15, -0.1) is 0 Å². The molecular weight excluding hydrogens is 411 g/mol. The Labute approximate surface area is 177 Å². The molecule has 0 saturated carbocycles. The molecule has 0 aliphatic carbocycles. The normalized spacial score (nSPS) is 12.2. The second kappa shape index (κ2) is 9.56. The van der Waals surface area contributed by atoms with Gasteiger partial charge in [-0.1, -0.05) is 12.1 Å². The lowest BCUT2D eigenvalue weighted by molar-refractivity contribution is 0.0476. The molecule has 0 saturated heterocycles. The Balaban J connectivity index is 2.28. The molecular formula is C20H25FN4O6. The maximum atomic E-state index is 13.0. The third-order valence-electron chi connectivity index (χ3n) is 4.07. The molecule has 10 nitrogen and oxygen atoms in total.